The van der Waals surface area contributed by atoms with Crippen LogP contribution >= 0.6 is 0 Å². The molecule has 0 spiro atoms. The van der Waals surface area contributed by atoms with Gasteiger partial charge in [0.1, 0.15) is 0 Å². The fourth-order valence-electron chi connectivity index (χ4n) is 2.28. The molecule has 0 aliphatic rings. The van der Waals surface area contributed by atoms with E-state index in [2.05, 4.69) is 0 Å². The molecule has 0 aliphatic carbocycles. The zero-order valence-electron chi connectivity index (χ0n) is 13.0. The van der Waals surface area contributed by atoms with Crippen molar-refractivity contribution < 1.29 is 9.59 Å². The maximum Gasteiger partial charge on any atom is 0.265 e. The third-order valence-electron chi connectivity index (χ3n) is 3.29. The first-order chi connectivity index (χ1) is 10.5. The molecule has 0 saturated heterocycles. The molecule has 112 valence electrons. The molecule has 3 nitrogen and oxygen atoms in total. The summed E-state index contributed by atoms with van der Waals surface area (Å²) >= 11 is 0. The van der Waals surface area contributed by atoms with Crippen LogP contribution in [0.25, 0.3) is 6.08 Å². The summed E-state index contributed by atoms with van der Waals surface area (Å²) in [6, 6.07) is 14.6. The largest absolute Gasteiger partial charge is 0.274 e. The second-order valence-electron chi connectivity index (χ2n) is 5.12. The number of amides is 2. The van der Waals surface area contributed by atoms with Gasteiger partial charge in [0.2, 0.25) is 5.91 Å². The van der Waals surface area contributed by atoms with E-state index in [1.165, 1.54) is 11.8 Å². The number of benzene rings is 2. The van der Waals surface area contributed by atoms with E-state index in [0.717, 1.165) is 11.1 Å². The first-order valence-corrected chi connectivity index (χ1v) is 7.17. The van der Waals surface area contributed by atoms with E-state index in [-0.39, 0.29) is 11.8 Å². The van der Waals surface area contributed by atoms with Gasteiger partial charge in [-0.05, 0) is 43.7 Å². The quantitative estimate of drug-likeness (QED) is 0.849. The maximum absolute atomic E-state index is 12.6. The normalized spacial score (nSPS) is 10.7. The van der Waals surface area contributed by atoms with Gasteiger partial charge in [0, 0.05) is 12.5 Å². The molecule has 0 atom stereocenters. The van der Waals surface area contributed by atoms with Gasteiger partial charge in [0.05, 0.1) is 5.69 Å². The zero-order valence-corrected chi connectivity index (χ0v) is 13.0. The van der Waals surface area contributed by atoms with Crippen LogP contribution in [0.3, 0.4) is 0 Å². The van der Waals surface area contributed by atoms with Crippen LogP contribution in [-0.2, 0) is 4.79 Å². The van der Waals surface area contributed by atoms with Crippen LogP contribution in [0.1, 0.15) is 35.3 Å². The van der Waals surface area contributed by atoms with Crippen molar-refractivity contribution >= 4 is 23.6 Å². The third kappa shape index (κ3) is 3.50. The highest BCUT2D eigenvalue weighted by molar-refractivity contribution is 6.20. The first kappa shape index (κ1) is 15.7. The van der Waals surface area contributed by atoms with Gasteiger partial charge in [-0.2, -0.15) is 0 Å². The van der Waals surface area contributed by atoms with Crippen LogP contribution in [0.5, 0.6) is 0 Å². The molecule has 0 saturated carbocycles. The van der Waals surface area contributed by atoms with Gasteiger partial charge in [0.15, 0.2) is 0 Å². The summed E-state index contributed by atoms with van der Waals surface area (Å²) < 4.78 is 0. The Morgan fingerprint density at radius 2 is 1.73 bits per heavy atom. The Kier molecular flexibility index (Phi) is 4.89. The van der Waals surface area contributed by atoms with Crippen molar-refractivity contribution in [3.05, 3.63) is 71.3 Å². The van der Waals surface area contributed by atoms with Crippen molar-refractivity contribution in [2.24, 2.45) is 0 Å². The molecule has 2 rings (SSSR count). The number of hydrogen-bond donors (Lipinski definition) is 0. The molecule has 22 heavy (non-hydrogen) atoms. The van der Waals surface area contributed by atoms with E-state index in [4.69, 9.17) is 0 Å². The molecule has 0 unspecified atom stereocenters. The van der Waals surface area contributed by atoms with Crippen LogP contribution in [-0.4, -0.2) is 11.8 Å². The molecule has 3 heteroatoms. The summed E-state index contributed by atoms with van der Waals surface area (Å²) in [4.78, 5) is 25.8. The number of carbonyl (C=O) groups is 2. The zero-order chi connectivity index (χ0) is 16.1. The molecular formula is C19H19NO2. The smallest absolute Gasteiger partial charge is 0.265 e. The lowest BCUT2D eigenvalue weighted by molar-refractivity contribution is -0.115. The Morgan fingerprint density at radius 1 is 1.05 bits per heavy atom. The van der Waals surface area contributed by atoms with E-state index in [9.17, 15) is 9.59 Å². The molecule has 0 radical (unpaired) electrons. The molecule has 0 aliphatic heterocycles. The summed E-state index contributed by atoms with van der Waals surface area (Å²) in [6.45, 7) is 5.26. The minimum Gasteiger partial charge on any atom is -0.274 e. The number of carbonyl (C=O) groups excluding carboxylic acids is 2. The van der Waals surface area contributed by atoms with Gasteiger partial charge >= 0.3 is 0 Å². The Hall–Kier alpha value is -2.68. The van der Waals surface area contributed by atoms with Gasteiger partial charge in [-0.25, -0.2) is 4.90 Å². The topological polar surface area (TPSA) is 37.4 Å². The molecule has 0 heterocycles. The predicted molar refractivity (Wildman–Crippen MR) is 89.8 cm³/mol. The van der Waals surface area contributed by atoms with Crippen molar-refractivity contribution in [2.45, 2.75) is 20.8 Å². The fraction of sp³-hybridized carbons (Fsp3) is 0.158. The number of hydrogen-bond acceptors (Lipinski definition) is 2. The van der Waals surface area contributed by atoms with Crippen molar-refractivity contribution in [3.8, 4) is 0 Å². The number of nitrogens with zero attached hydrogens (tertiary/aromatic N) is 1. The number of allylic oxidation sites excluding steroid dienone is 1. The SMILES string of the molecule is C/C=C/c1ccc(N(C(C)=O)C(=O)c2cccc(C)c2)cc1. The van der Waals surface area contributed by atoms with E-state index >= 15 is 0 Å². The van der Waals surface area contributed by atoms with Crippen LogP contribution in [0.2, 0.25) is 0 Å². The van der Waals surface area contributed by atoms with E-state index in [0.29, 0.717) is 11.3 Å². The molecule has 0 aromatic heterocycles. The van der Waals surface area contributed by atoms with Crippen LogP contribution in [0, 0.1) is 6.92 Å². The lowest BCUT2D eigenvalue weighted by atomic mass is 10.1. The highest BCUT2D eigenvalue weighted by atomic mass is 16.2. The highest BCUT2D eigenvalue weighted by Gasteiger charge is 2.21. The molecule has 2 aromatic rings. The van der Waals surface area contributed by atoms with Gasteiger partial charge in [0.25, 0.3) is 5.91 Å². The lowest BCUT2D eigenvalue weighted by Gasteiger charge is -2.19. The van der Waals surface area contributed by atoms with Gasteiger partial charge in [-0.1, -0.05) is 42.0 Å². The van der Waals surface area contributed by atoms with Crippen LogP contribution < -0.4 is 4.90 Å². The summed E-state index contributed by atoms with van der Waals surface area (Å²) in [5.74, 6) is -0.611. The standard InChI is InChI=1S/C19H19NO2/c1-4-6-16-9-11-18(12-10-16)20(15(3)21)19(22)17-8-5-7-14(2)13-17/h4-13H,1-3H3/b6-4+. The summed E-state index contributed by atoms with van der Waals surface area (Å²) in [5, 5.41) is 0. The predicted octanol–water partition coefficient (Wildman–Crippen LogP) is 4.22. The van der Waals surface area contributed by atoms with Crippen LogP contribution in [0.4, 0.5) is 5.69 Å². The van der Waals surface area contributed by atoms with Gasteiger partial charge < -0.3 is 0 Å². The van der Waals surface area contributed by atoms with Gasteiger partial charge in [-0.3, -0.25) is 9.59 Å². The van der Waals surface area contributed by atoms with Crippen molar-refractivity contribution in [3.63, 3.8) is 0 Å². The Morgan fingerprint density at radius 3 is 2.27 bits per heavy atom. The lowest BCUT2D eigenvalue weighted by Crippen LogP contribution is -2.35. The number of rotatable bonds is 3. The Labute approximate surface area is 130 Å². The minimum absolute atomic E-state index is 0.301. The fourth-order valence-corrected chi connectivity index (χ4v) is 2.28. The molecular weight excluding hydrogens is 274 g/mol. The van der Waals surface area contributed by atoms with E-state index in [1.807, 2.05) is 50.3 Å². The van der Waals surface area contributed by atoms with E-state index in [1.54, 1.807) is 24.3 Å². The van der Waals surface area contributed by atoms with Crippen molar-refractivity contribution in [1.82, 2.24) is 0 Å². The van der Waals surface area contributed by atoms with Crippen molar-refractivity contribution in [2.75, 3.05) is 4.90 Å². The second-order valence-corrected chi connectivity index (χ2v) is 5.12. The van der Waals surface area contributed by atoms with Gasteiger partial charge in [-0.15, -0.1) is 0 Å². The average molecular weight is 293 g/mol. The van der Waals surface area contributed by atoms with Crippen molar-refractivity contribution in [1.29, 1.82) is 0 Å². The molecule has 2 amide bonds. The highest BCUT2D eigenvalue weighted by Crippen LogP contribution is 2.19. The molecule has 0 N–H and O–H groups in total. The average Bonchev–Trinajstić information content (AvgIpc) is 2.49. The Balaban J connectivity index is 2.37. The number of aryl methyl sites for hydroxylation is 1. The number of imide groups is 1. The molecule has 0 bridgehead atoms. The maximum atomic E-state index is 12.6. The van der Waals surface area contributed by atoms with E-state index < -0.39 is 0 Å². The summed E-state index contributed by atoms with van der Waals surface area (Å²) in [6.07, 6.45) is 3.90. The summed E-state index contributed by atoms with van der Waals surface area (Å²) in [7, 11) is 0. The minimum atomic E-state index is -0.310. The molecule has 0 fully saturated rings. The molecule has 2 aromatic carbocycles. The Bertz CT molecular complexity index is 714. The monoisotopic (exact) mass is 293 g/mol. The number of anilines is 1. The first-order valence-electron chi connectivity index (χ1n) is 7.17. The van der Waals surface area contributed by atoms with Crippen LogP contribution in [0.15, 0.2) is 54.6 Å². The summed E-state index contributed by atoms with van der Waals surface area (Å²) in [5.41, 5.74) is 3.09. The second kappa shape index (κ2) is 6.85. The third-order valence-corrected chi connectivity index (χ3v) is 3.29.